The van der Waals surface area contributed by atoms with Crippen molar-refractivity contribution in [2.45, 2.75) is 70.1 Å². The summed E-state index contributed by atoms with van der Waals surface area (Å²) in [6.07, 6.45) is 2.27. The Kier molecular flexibility index (Phi) is 5.39. The van der Waals surface area contributed by atoms with Crippen LogP contribution in [0.4, 0.5) is 4.79 Å². The number of hydrogen-bond acceptors (Lipinski definition) is 4. The molecular weight excluding hydrogens is 262 g/mol. The van der Waals surface area contributed by atoms with Crippen LogP contribution in [-0.2, 0) is 14.3 Å². The third-order valence-corrected chi connectivity index (χ3v) is 3.46. The number of carboxylic acids is 1. The van der Waals surface area contributed by atoms with E-state index in [0.717, 1.165) is 25.7 Å². The van der Waals surface area contributed by atoms with E-state index in [1.165, 1.54) is 7.11 Å². The molecule has 1 rings (SSSR count). The lowest BCUT2D eigenvalue weighted by Crippen LogP contribution is -2.51. The highest BCUT2D eigenvalue weighted by molar-refractivity contribution is 5.73. The maximum atomic E-state index is 11.9. The molecule has 0 aliphatic heterocycles. The van der Waals surface area contributed by atoms with Crippen molar-refractivity contribution in [1.29, 1.82) is 0 Å². The summed E-state index contributed by atoms with van der Waals surface area (Å²) < 4.78 is 10.3. The first kappa shape index (κ1) is 16.8. The lowest BCUT2D eigenvalue weighted by Gasteiger charge is -2.33. The van der Waals surface area contributed by atoms with Gasteiger partial charge >= 0.3 is 12.1 Å². The van der Waals surface area contributed by atoms with E-state index in [4.69, 9.17) is 14.6 Å². The lowest BCUT2D eigenvalue weighted by atomic mass is 9.90. The first-order valence-corrected chi connectivity index (χ1v) is 6.94. The van der Waals surface area contributed by atoms with E-state index in [9.17, 15) is 9.59 Å². The van der Waals surface area contributed by atoms with Crippen molar-refractivity contribution >= 4 is 12.1 Å². The zero-order valence-corrected chi connectivity index (χ0v) is 12.7. The van der Waals surface area contributed by atoms with Crippen molar-refractivity contribution in [3.05, 3.63) is 0 Å². The number of nitrogens with one attached hydrogen (secondary N) is 1. The molecule has 1 saturated carbocycles. The van der Waals surface area contributed by atoms with Gasteiger partial charge < -0.3 is 19.9 Å². The number of ether oxygens (including phenoxy) is 2. The molecule has 1 aliphatic carbocycles. The van der Waals surface area contributed by atoms with Gasteiger partial charge in [-0.05, 0) is 33.6 Å². The number of amides is 1. The molecule has 20 heavy (non-hydrogen) atoms. The van der Waals surface area contributed by atoms with Crippen molar-refractivity contribution in [3.63, 3.8) is 0 Å². The maximum absolute atomic E-state index is 11.9. The molecule has 0 saturated heterocycles. The number of hydrogen-bond donors (Lipinski definition) is 2. The van der Waals surface area contributed by atoms with Crippen LogP contribution < -0.4 is 5.32 Å². The molecule has 116 valence electrons. The molecule has 0 aromatic carbocycles. The highest BCUT2D eigenvalue weighted by Gasteiger charge is 2.40. The Hall–Kier alpha value is -1.30. The van der Waals surface area contributed by atoms with Crippen molar-refractivity contribution in [3.8, 4) is 0 Å². The normalized spacial score (nSPS) is 19.4. The first-order valence-electron chi connectivity index (χ1n) is 6.94. The summed E-state index contributed by atoms with van der Waals surface area (Å²) in [5, 5.41) is 12.0. The molecule has 0 aromatic heterocycles. The molecule has 1 unspecified atom stereocenters. The number of carbonyl (C=O) groups excluding carboxylic acids is 1. The SMILES string of the molecule is COC(CC1(NC(=O)OC(C)(C)C)CCCC1)C(=O)O. The predicted molar refractivity (Wildman–Crippen MR) is 73.6 cm³/mol. The van der Waals surface area contributed by atoms with Gasteiger partial charge in [-0.25, -0.2) is 9.59 Å². The zero-order chi connectivity index (χ0) is 15.4. The van der Waals surface area contributed by atoms with E-state index < -0.39 is 29.3 Å². The van der Waals surface area contributed by atoms with E-state index in [-0.39, 0.29) is 6.42 Å². The molecule has 0 radical (unpaired) electrons. The summed E-state index contributed by atoms with van der Waals surface area (Å²) >= 11 is 0. The van der Waals surface area contributed by atoms with Gasteiger partial charge in [0.1, 0.15) is 5.60 Å². The van der Waals surface area contributed by atoms with Crippen molar-refractivity contribution in [1.82, 2.24) is 5.32 Å². The Morgan fingerprint density at radius 2 is 1.85 bits per heavy atom. The van der Waals surface area contributed by atoms with Gasteiger partial charge in [0.15, 0.2) is 6.10 Å². The summed E-state index contributed by atoms with van der Waals surface area (Å²) in [6, 6.07) is 0. The second-order valence-corrected chi connectivity index (χ2v) is 6.38. The molecule has 2 N–H and O–H groups in total. The van der Waals surface area contributed by atoms with E-state index >= 15 is 0 Å². The molecule has 0 spiro atoms. The van der Waals surface area contributed by atoms with Crippen molar-refractivity contribution in [2.75, 3.05) is 7.11 Å². The fourth-order valence-corrected chi connectivity index (χ4v) is 2.58. The molecule has 1 aliphatic rings. The molecule has 0 bridgehead atoms. The third-order valence-electron chi connectivity index (χ3n) is 3.46. The van der Waals surface area contributed by atoms with Crippen LogP contribution in [-0.4, -0.2) is 41.5 Å². The van der Waals surface area contributed by atoms with Crippen LogP contribution in [0.1, 0.15) is 52.9 Å². The Labute approximate surface area is 119 Å². The Morgan fingerprint density at radius 1 is 1.30 bits per heavy atom. The van der Waals surface area contributed by atoms with Gasteiger partial charge in [0.25, 0.3) is 0 Å². The number of aliphatic carboxylic acids is 1. The maximum Gasteiger partial charge on any atom is 0.408 e. The summed E-state index contributed by atoms with van der Waals surface area (Å²) in [5.74, 6) is -1.01. The van der Waals surface area contributed by atoms with E-state index in [1.54, 1.807) is 20.8 Å². The van der Waals surface area contributed by atoms with Crippen LogP contribution in [0.15, 0.2) is 0 Å². The molecule has 0 aromatic rings. The van der Waals surface area contributed by atoms with Gasteiger partial charge in [-0.1, -0.05) is 12.8 Å². The quantitative estimate of drug-likeness (QED) is 0.810. The van der Waals surface area contributed by atoms with Gasteiger partial charge in [0, 0.05) is 19.1 Å². The minimum Gasteiger partial charge on any atom is -0.479 e. The fourth-order valence-electron chi connectivity index (χ4n) is 2.58. The number of methoxy groups -OCH3 is 1. The van der Waals surface area contributed by atoms with Crippen LogP contribution in [0.5, 0.6) is 0 Å². The number of rotatable bonds is 5. The third kappa shape index (κ3) is 5.00. The second-order valence-electron chi connectivity index (χ2n) is 6.38. The van der Waals surface area contributed by atoms with Gasteiger partial charge in [-0.15, -0.1) is 0 Å². The Bertz CT molecular complexity index is 355. The topological polar surface area (TPSA) is 84.9 Å². The average molecular weight is 287 g/mol. The molecule has 6 heteroatoms. The summed E-state index contributed by atoms with van der Waals surface area (Å²) in [7, 11) is 1.37. The molecule has 1 amide bonds. The van der Waals surface area contributed by atoms with E-state index in [0.29, 0.717) is 0 Å². The van der Waals surface area contributed by atoms with E-state index in [2.05, 4.69) is 5.32 Å². The van der Waals surface area contributed by atoms with Crippen molar-refractivity contribution < 1.29 is 24.2 Å². The van der Waals surface area contributed by atoms with Gasteiger partial charge in [-0.3, -0.25) is 0 Å². The standard InChI is InChI=1S/C14H25NO5/c1-13(2,3)20-12(18)15-14(7-5-6-8-14)9-10(19-4)11(16)17/h10H,5-9H2,1-4H3,(H,15,18)(H,16,17). The smallest absolute Gasteiger partial charge is 0.408 e. The largest absolute Gasteiger partial charge is 0.479 e. The van der Waals surface area contributed by atoms with E-state index in [1.807, 2.05) is 0 Å². The van der Waals surface area contributed by atoms with Crippen LogP contribution in [0, 0.1) is 0 Å². The highest BCUT2D eigenvalue weighted by atomic mass is 16.6. The number of carbonyl (C=O) groups is 2. The molecule has 1 fully saturated rings. The average Bonchev–Trinajstić information content (AvgIpc) is 2.71. The monoisotopic (exact) mass is 287 g/mol. The molecular formula is C14H25NO5. The first-order chi connectivity index (χ1) is 9.17. The molecule has 1 atom stereocenters. The number of alkyl carbamates (subject to hydrolysis) is 1. The second kappa shape index (κ2) is 6.43. The fraction of sp³-hybridized carbons (Fsp3) is 0.857. The van der Waals surface area contributed by atoms with Gasteiger partial charge in [-0.2, -0.15) is 0 Å². The highest BCUT2D eigenvalue weighted by Crippen LogP contribution is 2.34. The Balaban J connectivity index is 2.72. The molecule has 6 nitrogen and oxygen atoms in total. The van der Waals surface area contributed by atoms with Gasteiger partial charge in [0.2, 0.25) is 0 Å². The zero-order valence-electron chi connectivity index (χ0n) is 12.7. The van der Waals surface area contributed by atoms with Gasteiger partial charge in [0.05, 0.1) is 0 Å². The molecule has 0 heterocycles. The minimum atomic E-state index is -1.01. The van der Waals surface area contributed by atoms with Crippen LogP contribution in [0.2, 0.25) is 0 Å². The summed E-state index contributed by atoms with van der Waals surface area (Å²) in [6.45, 7) is 5.38. The van der Waals surface area contributed by atoms with Crippen molar-refractivity contribution in [2.24, 2.45) is 0 Å². The summed E-state index contributed by atoms with van der Waals surface area (Å²) in [4.78, 5) is 23.0. The lowest BCUT2D eigenvalue weighted by molar-refractivity contribution is -0.150. The van der Waals surface area contributed by atoms with Crippen LogP contribution in [0.25, 0.3) is 0 Å². The minimum absolute atomic E-state index is 0.262. The predicted octanol–water partition coefficient (Wildman–Crippen LogP) is 2.31. The van der Waals surface area contributed by atoms with Crippen LogP contribution in [0.3, 0.4) is 0 Å². The number of carboxylic acid groups (broad SMARTS) is 1. The van der Waals surface area contributed by atoms with Crippen LogP contribution >= 0.6 is 0 Å². The summed E-state index contributed by atoms with van der Waals surface area (Å²) in [5.41, 5.74) is -1.11. The Morgan fingerprint density at radius 3 is 2.25 bits per heavy atom.